The van der Waals surface area contributed by atoms with E-state index in [4.69, 9.17) is 0 Å². The summed E-state index contributed by atoms with van der Waals surface area (Å²) in [5.74, 6) is 0.120. The van der Waals surface area contributed by atoms with Gasteiger partial charge in [-0.25, -0.2) is 0 Å². The third kappa shape index (κ3) is 4.41. The second kappa shape index (κ2) is 6.52. The average molecular weight is 319 g/mol. The minimum Gasteiger partial charge on any atom is -0.359 e. The topological polar surface area (TPSA) is 32.3 Å². The summed E-state index contributed by atoms with van der Waals surface area (Å²) in [6.45, 7) is 5.70. The molecule has 0 bridgehead atoms. The highest BCUT2D eigenvalue weighted by atomic mass is 79.9. The number of rotatable bonds is 5. The molecule has 0 radical (unpaired) electrons. The first kappa shape index (κ1) is 14.7. The first-order valence-electron chi connectivity index (χ1n) is 5.59. The van der Waals surface area contributed by atoms with E-state index in [2.05, 4.69) is 39.1 Å². The summed E-state index contributed by atoms with van der Waals surface area (Å²) >= 11 is 5.29. The summed E-state index contributed by atoms with van der Waals surface area (Å²) in [7, 11) is 3.72. The molecule has 0 aliphatic heterocycles. The quantitative estimate of drug-likeness (QED) is 0.905. The van der Waals surface area contributed by atoms with Gasteiger partial charge < -0.3 is 10.2 Å². The lowest BCUT2D eigenvalue weighted by atomic mass is 10.1. The van der Waals surface area contributed by atoms with Crippen molar-refractivity contribution in [1.29, 1.82) is 0 Å². The molecular formula is C12H19BrN2OS. The number of aryl methyl sites for hydroxylation is 1. The molecule has 0 aliphatic rings. The maximum atomic E-state index is 11.4. The third-order valence-electron chi connectivity index (χ3n) is 2.61. The molecule has 0 unspecified atom stereocenters. The van der Waals surface area contributed by atoms with Crippen molar-refractivity contribution in [3.05, 3.63) is 20.3 Å². The maximum absolute atomic E-state index is 11.4. The monoisotopic (exact) mass is 318 g/mol. The van der Waals surface area contributed by atoms with Crippen molar-refractivity contribution < 1.29 is 4.79 Å². The standard InChI is InChI=1S/C12H19BrN2OS/c1-8-5-10(17-11(8)13)7-15(4)6-9(2)12(16)14-3/h5,9H,6-7H2,1-4H3,(H,14,16)/t9-/m1/s1. The van der Waals surface area contributed by atoms with Crippen molar-refractivity contribution in [2.24, 2.45) is 5.92 Å². The Morgan fingerprint density at radius 2 is 2.29 bits per heavy atom. The van der Waals surface area contributed by atoms with Crippen LogP contribution < -0.4 is 5.32 Å². The Hall–Kier alpha value is -0.390. The molecule has 0 aliphatic carbocycles. The van der Waals surface area contributed by atoms with Crippen LogP contribution in [-0.2, 0) is 11.3 Å². The van der Waals surface area contributed by atoms with Gasteiger partial charge in [0.05, 0.1) is 3.79 Å². The van der Waals surface area contributed by atoms with E-state index in [0.29, 0.717) is 0 Å². The van der Waals surface area contributed by atoms with Crippen molar-refractivity contribution in [3.63, 3.8) is 0 Å². The highest BCUT2D eigenvalue weighted by molar-refractivity contribution is 9.11. The van der Waals surface area contributed by atoms with Crippen molar-refractivity contribution in [1.82, 2.24) is 10.2 Å². The molecule has 1 atom stereocenters. The summed E-state index contributed by atoms with van der Waals surface area (Å²) < 4.78 is 1.19. The number of carbonyl (C=O) groups excluding carboxylic acids is 1. The van der Waals surface area contributed by atoms with Gasteiger partial charge in [-0.2, -0.15) is 0 Å². The molecule has 1 aromatic heterocycles. The van der Waals surface area contributed by atoms with Crippen LogP contribution in [0.2, 0.25) is 0 Å². The molecule has 5 heteroatoms. The van der Waals surface area contributed by atoms with Crippen LogP contribution >= 0.6 is 27.3 Å². The predicted molar refractivity (Wildman–Crippen MR) is 76.3 cm³/mol. The summed E-state index contributed by atoms with van der Waals surface area (Å²) in [5.41, 5.74) is 1.28. The van der Waals surface area contributed by atoms with E-state index in [0.717, 1.165) is 13.1 Å². The van der Waals surface area contributed by atoms with E-state index in [9.17, 15) is 4.79 Å². The van der Waals surface area contributed by atoms with Gasteiger partial charge in [-0.1, -0.05) is 6.92 Å². The van der Waals surface area contributed by atoms with E-state index in [1.807, 2.05) is 14.0 Å². The molecule has 3 nitrogen and oxygen atoms in total. The van der Waals surface area contributed by atoms with Crippen LogP contribution in [0.15, 0.2) is 9.85 Å². The van der Waals surface area contributed by atoms with Crippen molar-refractivity contribution in [3.8, 4) is 0 Å². The van der Waals surface area contributed by atoms with E-state index in [1.165, 1.54) is 14.2 Å². The fourth-order valence-corrected chi connectivity index (χ4v) is 3.44. The van der Waals surface area contributed by atoms with Crippen LogP contribution in [0.4, 0.5) is 0 Å². The molecular weight excluding hydrogens is 300 g/mol. The summed E-state index contributed by atoms with van der Waals surface area (Å²) in [6.07, 6.45) is 0. The molecule has 0 saturated carbocycles. The second-order valence-corrected chi connectivity index (χ2v) is 6.84. The van der Waals surface area contributed by atoms with Gasteiger partial charge in [0.1, 0.15) is 0 Å². The fourth-order valence-electron chi connectivity index (χ4n) is 1.73. The molecule has 1 rings (SSSR count). The van der Waals surface area contributed by atoms with Gasteiger partial charge in [0.15, 0.2) is 0 Å². The van der Waals surface area contributed by atoms with Crippen LogP contribution in [0.3, 0.4) is 0 Å². The van der Waals surface area contributed by atoms with Crippen LogP contribution in [-0.4, -0.2) is 31.4 Å². The van der Waals surface area contributed by atoms with Crippen LogP contribution in [0.5, 0.6) is 0 Å². The average Bonchev–Trinajstić information content (AvgIpc) is 2.56. The molecule has 96 valence electrons. The van der Waals surface area contributed by atoms with E-state index in [1.54, 1.807) is 18.4 Å². The SMILES string of the molecule is CNC(=O)[C@H](C)CN(C)Cc1cc(C)c(Br)s1. The van der Waals surface area contributed by atoms with Gasteiger partial charge in [-0.05, 0) is 41.5 Å². The van der Waals surface area contributed by atoms with E-state index < -0.39 is 0 Å². The van der Waals surface area contributed by atoms with Gasteiger partial charge in [0.2, 0.25) is 5.91 Å². The normalized spacial score (nSPS) is 12.8. The predicted octanol–water partition coefficient (Wildman–Crippen LogP) is 2.63. The second-order valence-electron chi connectivity index (χ2n) is 4.38. The molecule has 1 N–H and O–H groups in total. The molecule has 1 heterocycles. The molecule has 0 aromatic carbocycles. The van der Waals surface area contributed by atoms with Crippen molar-refractivity contribution in [2.45, 2.75) is 20.4 Å². The van der Waals surface area contributed by atoms with Gasteiger partial charge >= 0.3 is 0 Å². The Morgan fingerprint density at radius 1 is 1.65 bits per heavy atom. The molecule has 0 spiro atoms. The lowest BCUT2D eigenvalue weighted by molar-refractivity contribution is -0.124. The summed E-state index contributed by atoms with van der Waals surface area (Å²) in [6, 6.07) is 2.19. The molecule has 0 saturated heterocycles. The number of hydrogen-bond donors (Lipinski definition) is 1. The molecule has 1 aromatic rings. The third-order valence-corrected chi connectivity index (χ3v) is 4.73. The number of hydrogen-bond acceptors (Lipinski definition) is 3. The fraction of sp³-hybridized carbons (Fsp3) is 0.583. The first-order valence-corrected chi connectivity index (χ1v) is 7.20. The van der Waals surface area contributed by atoms with Crippen LogP contribution in [0, 0.1) is 12.8 Å². The van der Waals surface area contributed by atoms with E-state index >= 15 is 0 Å². The molecule has 0 fully saturated rings. The van der Waals surface area contributed by atoms with Gasteiger partial charge in [0.25, 0.3) is 0 Å². The number of nitrogens with zero attached hydrogens (tertiary/aromatic N) is 1. The Kier molecular flexibility index (Phi) is 5.62. The number of nitrogens with one attached hydrogen (secondary N) is 1. The summed E-state index contributed by atoms with van der Waals surface area (Å²) in [4.78, 5) is 14.9. The number of halogens is 1. The highest BCUT2D eigenvalue weighted by Crippen LogP contribution is 2.28. The van der Waals surface area contributed by atoms with Crippen LogP contribution in [0.1, 0.15) is 17.4 Å². The maximum Gasteiger partial charge on any atom is 0.223 e. The van der Waals surface area contributed by atoms with Gasteiger partial charge in [-0.15, -0.1) is 11.3 Å². The number of carbonyl (C=O) groups is 1. The van der Waals surface area contributed by atoms with Gasteiger partial charge in [-0.3, -0.25) is 4.79 Å². The lowest BCUT2D eigenvalue weighted by Gasteiger charge is -2.19. The number of amides is 1. The minimum absolute atomic E-state index is 0.0227. The Bertz CT molecular complexity index is 372. The van der Waals surface area contributed by atoms with Crippen molar-refractivity contribution in [2.75, 3.05) is 20.6 Å². The largest absolute Gasteiger partial charge is 0.359 e. The Balaban J connectivity index is 2.49. The van der Waals surface area contributed by atoms with E-state index in [-0.39, 0.29) is 11.8 Å². The molecule has 17 heavy (non-hydrogen) atoms. The highest BCUT2D eigenvalue weighted by Gasteiger charge is 2.14. The Morgan fingerprint density at radius 3 is 2.76 bits per heavy atom. The van der Waals surface area contributed by atoms with Crippen molar-refractivity contribution >= 4 is 33.2 Å². The zero-order chi connectivity index (χ0) is 13.0. The zero-order valence-electron chi connectivity index (χ0n) is 10.7. The first-order chi connectivity index (χ1) is 7.93. The minimum atomic E-state index is 0.0227. The smallest absolute Gasteiger partial charge is 0.223 e. The lowest BCUT2D eigenvalue weighted by Crippen LogP contribution is -2.34. The Labute approximate surface area is 115 Å². The molecule has 1 amide bonds. The van der Waals surface area contributed by atoms with Gasteiger partial charge in [0, 0.05) is 30.9 Å². The number of thiophene rings is 1. The summed E-state index contributed by atoms with van der Waals surface area (Å²) in [5, 5.41) is 2.68. The van der Waals surface area contributed by atoms with Crippen LogP contribution in [0.25, 0.3) is 0 Å². The zero-order valence-corrected chi connectivity index (χ0v) is 13.1.